The van der Waals surface area contributed by atoms with Crippen molar-refractivity contribution in [2.75, 3.05) is 31.9 Å². The fraction of sp³-hybridized carbons (Fsp3) is 0.923. The van der Waals surface area contributed by atoms with Crippen LogP contribution in [0.15, 0.2) is 0 Å². The number of nitrogens with zero attached hydrogens (tertiary/aromatic N) is 2. The lowest BCUT2D eigenvalue weighted by Crippen LogP contribution is -2.40. The number of rotatable bonds is 5. The minimum Gasteiger partial charge on any atom is -0.341 e. The molecule has 0 spiro atoms. The van der Waals surface area contributed by atoms with Crippen molar-refractivity contribution < 1.29 is 13.2 Å². The lowest BCUT2D eigenvalue weighted by Gasteiger charge is -2.25. The van der Waals surface area contributed by atoms with Gasteiger partial charge in [0.2, 0.25) is 15.9 Å². The van der Waals surface area contributed by atoms with Gasteiger partial charge in [0.1, 0.15) is 0 Å². The van der Waals surface area contributed by atoms with Crippen molar-refractivity contribution in [3.8, 4) is 0 Å². The molecule has 0 aliphatic carbocycles. The molecule has 0 aromatic heterocycles. The van der Waals surface area contributed by atoms with Crippen LogP contribution >= 0.6 is 0 Å². The number of carbonyl (C=O) groups is 1. The quantitative estimate of drug-likeness (QED) is 0.767. The summed E-state index contributed by atoms with van der Waals surface area (Å²) in [6, 6.07) is 0. The monoisotopic (exact) mass is 290 g/mol. The summed E-state index contributed by atoms with van der Waals surface area (Å²) in [7, 11) is -3.13. The zero-order valence-electron chi connectivity index (χ0n) is 12.3. The normalized spacial score (nSPS) is 18.6. The van der Waals surface area contributed by atoms with E-state index in [0.717, 1.165) is 19.3 Å². The molecule has 1 fully saturated rings. The Morgan fingerprint density at radius 2 is 1.68 bits per heavy atom. The van der Waals surface area contributed by atoms with Crippen LogP contribution in [0.3, 0.4) is 0 Å². The molecule has 1 aliphatic heterocycles. The van der Waals surface area contributed by atoms with E-state index in [-0.39, 0.29) is 17.6 Å². The van der Waals surface area contributed by atoms with Gasteiger partial charge in [-0.25, -0.2) is 12.7 Å². The van der Waals surface area contributed by atoms with E-state index in [1.165, 1.54) is 4.31 Å². The third-order valence-electron chi connectivity index (χ3n) is 3.86. The van der Waals surface area contributed by atoms with Crippen LogP contribution < -0.4 is 0 Å². The highest BCUT2D eigenvalue weighted by Crippen LogP contribution is 2.15. The molecule has 1 amide bonds. The third-order valence-corrected chi connectivity index (χ3v) is 5.74. The molecule has 6 heteroatoms. The SMILES string of the molecule is CCC(CC)C(=O)N1CCCN(S(=O)(=O)CC)CC1. The van der Waals surface area contributed by atoms with Gasteiger partial charge in [-0.05, 0) is 26.2 Å². The first-order valence-corrected chi connectivity index (χ1v) is 8.83. The Morgan fingerprint density at radius 3 is 2.21 bits per heavy atom. The fourth-order valence-electron chi connectivity index (χ4n) is 2.47. The molecule has 0 aromatic carbocycles. The summed E-state index contributed by atoms with van der Waals surface area (Å²) in [5, 5.41) is 0. The highest BCUT2D eigenvalue weighted by Gasteiger charge is 2.27. The first-order valence-electron chi connectivity index (χ1n) is 7.22. The Kier molecular flexibility index (Phi) is 6.26. The van der Waals surface area contributed by atoms with Gasteiger partial charge in [0.25, 0.3) is 0 Å². The van der Waals surface area contributed by atoms with Gasteiger partial charge < -0.3 is 4.90 Å². The van der Waals surface area contributed by atoms with E-state index in [1.54, 1.807) is 6.92 Å². The summed E-state index contributed by atoms with van der Waals surface area (Å²) in [5.41, 5.74) is 0. The summed E-state index contributed by atoms with van der Waals surface area (Å²) >= 11 is 0. The van der Waals surface area contributed by atoms with Crippen molar-refractivity contribution in [3.63, 3.8) is 0 Å². The first kappa shape index (κ1) is 16.4. The van der Waals surface area contributed by atoms with Gasteiger partial charge in [-0.3, -0.25) is 4.79 Å². The van der Waals surface area contributed by atoms with E-state index in [4.69, 9.17) is 0 Å². The van der Waals surface area contributed by atoms with Crippen LogP contribution in [0.5, 0.6) is 0 Å². The second kappa shape index (κ2) is 7.24. The van der Waals surface area contributed by atoms with Gasteiger partial charge in [0.15, 0.2) is 0 Å². The lowest BCUT2D eigenvalue weighted by molar-refractivity contribution is -0.135. The van der Waals surface area contributed by atoms with Crippen molar-refractivity contribution in [1.82, 2.24) is 9.21 Å². The van der Waals surface area contributed by atoms with Crippen LogP contribution in [0.25, 0.3) is 0 Å². The highest BCUT2D eigenvalue weighted by atomic mass is 32.2. The average Bonchev–Trinajstić information content (AvgIpc) is 2.66. The second-order valence-electron chi connectivity index (χ2n) is 4.99. The van der Waals surface area contributed by atoms with Crippen molar-refractivity contribution in [2.45, 2.75) is 40.0 Å². The number of hydrogen-bond donors (Lipinski definition) is 0. The molecular formula is C13H26N2O3S. The van der Waals surface area contributed by atoms with Gasteiger partial charge in [-0.1, -0.05) is 13.8 Å². The van der Waals surface area contributed by atoms with Crippen molar-refractivity contribution >= 4 is 15.9 Å². The maximum absolute atomic E-state index is 12.3. The van der Waals surface area contributed by atoms with Crippen LogP contribution in [0.2, 0.25) is 0 Å². The number of hydrogen-bond acceptors (Lipinski definition) is 3. The van der Waals surface area contributed by atoms with E-state index in [1.807, 2.05) is 18.7 Å². The maximum Gasteiger partial charge on any atom is 0.225 e. The van der Waals surface area contributed by atoms with Gasteiger partial charge in [-0.2, -0.15) is 0 Å². The molecule has 0 radical (unpaired) electrons. The second-order valence-corrected chi connectivity index (χ2v) is 7.25. The Morgan fingerprint density at radius 1 is 1.05 bits per heavy atom. The predicted molar refractivity (Wildman–Crippen MR) is 76.3 cm³/mol. The van der Waals surface area contributed by atoms with Gasteiger partial charge in [0, 0.05) is 32.1 Å². The lowest BCUT2D eigenvalue weighted by atomic mass is 10.0. The van der Waals surface area contributed by atoms with Crippen molar-refractivity contribution in [3.05, 3.63) is 0 Å². The molecule has 0 aromatic rings. The minimum absolute atomic E-state index is 0.0781. The topological polar surface area (TPSA) is 57.7 Å². The van der Waals surface area contributed by atoms with E-state index >= 15 is 0 Å². The molecule has 112 valence electrons. The zero-order valence-corrected chi connectivity index (χ0v) is 13.1. The van der Waals surface area contributed by atoms with E-state index in [2.05, 4.69) is 0 Å². The summed E-state index contributed by atoms with van der Waals surface area (Å²) in [4.78, 5) is 14.1. The number of sulfonamides is 1. The molecule has 1 rings (SSSR count). The molecular weight excluding hydrogens is 264 g/mol. The molecule has 19 heavy (non-hydrogen) atoms. The molecule has 0 atom stereocenters. The third kappa shape index (κ3) is 4.18. The highest BCUT2D eigenvalue weighted by molar-refractivity contribution is 7.89. The Labute approximate surface area is 117 Å². The largest absolute Gasteiger partial charge is 0.341 e. The molecule has 0 unspecified atom stereocenters. The maximum atomic E-state index is 12.3. The zero-order chi connectivity index (χ0) is 14.5. The smallest absolute Gasteiger partial charge is 0.225 e. The summed E-state index contributed by atoms with van der Waals surface area (Å²) in [6.07, 6.45) is 2.43. The van der Waals surface area contributed by atoms with Crippen LogP contribution in [0.1, 0.15) is 40.0 Å². The van der Waals surface area contributed by atoms with E-state index in [9.17, 15) is 13.2 Å². The standard InChI is InChI=1S/C13H26N2O3S/c1-4-12(5-2)13(16)14-8-7-9-15(11-10-14)19(17,18)6-3/h12H,4-11H2,1-3H3. The van der Waals surface area contributed by atoms with E-state index in [0.29, 0.717) is 26.2 Å². The minimum atomic E-state index is -3.13. The van der Waals surface area contributed by atoms with Crippen molar-refractivity contribution in [1.29, 1.82) is 0 Å². The Bertz CT molecular complexity index is 391. The van der Waals surface area contributed by atoms with Crippen LogP contribution in [-0.4, -0.2) is 55.5 Å². The summed E-state index contributed by atoms with van der Waals surface area (Å²) in [5.74, 6) is 0.392. The molecule has 1 aliphatic rings. The molecule has 1 heterocycles. The summed E-state index contributed by atoms with van der Waals surface area (Å²) in [6.45, 7) is 7.87. The molecule has 0 saturated carbocycles. The predicted octanol–water partition coefficient (Wildman–Crippen LogP) is 1.31. The molecule has 0 bridgehead atoms. The molecule has 1 saturated heterocycles. The van der Waals surface area contributed by atoms with E-state index < -0.39 is 10.0 Å². The van der Waals surface area contributed by atoms with Crippen molar-refractivity contribution in [2.24, 2.45) is 5.92 Å². The summed E-state index contributed by atoms with van der Waals surface area (Å²) < 4.78 is 25.2. The first-order chi connectivity index (χ1) is 8.96. The number of amides is 1. The van der Waals surface area contributed by atoms with Crippen LogP contribution in [0, 0.1) is 5.92 Å². The van der Waals surface area contributed by atoms with Gasteiger partial charge >= 0.3 is 0 Å². The molecule has 5 nitrogen and oxygen atoms in total. The molecule has 0 N–H and O–H groups in total. The Hall–Kier alpha value is -0.620. The van der Waals surface area contributed by atoms with Crippen LogP contribution in [-0.2, 0) is 14.8 Å². The van der Waals surface area contributed by atoms with Crippen LogP contribution in [0.4, 0.5) is 0 Å². The Balaban J connectivity index is 2.67. The van der Waals surface area contributed by atoms with Gasteiger partial charge in [-0.15, -0.1) is 0 Å². The van der Waals surface area contributed by atoms with Gasteiger partial charge in [0.05, 0.1) is 5.75 Å². The number of carbonyl (C=O) groups excluding carboxylic acids is 1. The average molecular weight is 290 g/mol. The fourth-order valence-corrected chi connectivity index (χ4v) is 3.60.